The van der Waals surface area contributed by atoms with Gasteiger partial charge in [0.05, 0.1) is 0 Å². The van der Waals surface area contributed by atoms with Gasteiger partial charge in [-0.1, -0.05) is 13.7 Å². The van der Waals surface area contributed by atoms with E-state index >= 15 is 0 Å². The summed E-state index contributed by atoms with van der Waals surface area (Å²) in [6.07, 6.45) is -2.09. The quantitative estimate of drug-likeness (QED) is 0.700. The maximum Gasteiger partial charge on any atom is 0.106 e. The summed E-state index contributed by atoms with van der Waals surface area (Å²) >= 11 is 3.00. The van der Waals surface area contributed by atoms with Crippen molar-refractivity contribution in [3.05, 3.63) is 28.5 Å². The van der Waals surface area contributed by atoms with Crippen molar-refractivity contribution in [3.8, 4) is 0 Å². The first-order chi connectivity index (χ1) is 8.75. The maximum absolute atomic E-state index is 8.12. The second-order valence-electron chi connectivity index (χ2n) is 1.87. The Kier molecular flexibility index (Phi) is 0.898. The van der Waals surface area contributed by atoms with Crippen LogP contribution in [-0.2, 0) is 0 Å². The average Bonchev–Trinajstić information content (AvgIpc) is 2.24. The molecule has 0 fully saturated rings. The van der Waals surface area contributed by atoms with Crippen molar-refractivity contribution < 1.29 is 12.3 Å². The van der Waals surface area contributed by atoms with E-state index < -0.39 is 26.0 Å². The first-order valence-electron chi connectivity index (χ1n) is 7.37. The zero-order valence-electron chi connectivity index (χ0n) is 14.6. The predicted molar refractivity (Wildman–Crippen MR) is 50.6 cm³/mol. The normalized spacial score (nSPS) is 31.5. The second-order valence-corrected chi connectivity index (χ2v) is 2.68. The fourth-order valence-electron chi connectivity index (χ4n) is 0.630. The van der Waals surface area contributed by atoms with Gasteiger partial charge in [-0.25, -0.2) is 4.98 Å². The Hall–Kier alpha value is -0.370. The molecule has 1 atom stereocenters. The highest BCUT2D eigenvalue weighted by molar-refractivity contribution is 9.10. The lowest BCUT2D eigenvalue weighted by atomic mass is 10.0. The summed E-state index contributed by atoms with van der Waals surface area (Å²) in [5.41, 5.74) is -0.277. The highest BCUT2D eigenvalue weighted by Crippen LogP contribution is 2.19. The van der Waals surface area contributed by atoms with E-state index in [1.807, 2.05) is 0 Å². The van der Waals surface area contributed by atoms with E-state index in [4.69, 9.17) is 12.3 Å². The number of pyridine rings is 1. The molecule has 11 heavy (non-hydrogen) atoms. The van der Waals surface area contributed by atoms with E-state index in [1.54, 1.807) is 0 Å². The zero-order valence-corrected chi connectivity index (χ0v) is 7.14. The van der Waals surface area contributed by atoms with Gasteiger partial charge in [0.25, 0.3) is 0 Å². The minimum atomic E-state index is -3.27. The van der Waals surface area contributed by atoms with Gasteiger partial charge >= 0.3 is 0 Å². The number of hydrogen-bond acceptors (Lipinski definition) is 1. The largest absolute Gasteiger partial charge is 0.249 e. The van der Waals surface area contributed by atoms with Gasteiger partial charge in [0.15, 0.2) is 0 Å². The summed E-state index contributed by atoms with van der Waals surface area (Å²) in [5, 5.41) is 0. The molecular formula is C9H12BrN. The van der Waals surface area contributed by atoms with Crippen molar-refractivity contribution in [2.75, 3.05) is 0 Å². The van der Waals surface area contributed by atoms with Gasteiger partial charge in [-0.3, -0.25) is 0 Å². The lowest BCUT2D eigenvalue weighted by Gasteiger charge is -2.07. The van der Waals surface area contributed by atoms with Crippen LogP contribution in [0, 0.1) is 0 Å². The molecule has 1 nitrogen and oxygen atoms in total. The first kappa shape index (κ1) is 2.56. The van der Waals surface area contributed by atoms with E-state index in [0.29, 0.717) is 0 Å². The standard InChI is InChI=1S/C9H12BrN/c1-3-7(2)8-4-5-11-9(10)6-8/h4-7H,3H2,1-2H3/i1D3,2D3,3D2,7D. The summed E-state index contributed by atoms with van der Waals surface area (Å²) in [7, 11) is 0. The molecule has 60 valence electrons. The minimum Gasteiger partial charge on any atom is -0.249 e. The first-order valence-corrected chi connectivity index (χ1v) is 3.66. The fraction of sp³-hybridized carbons (Fsp3) is 0.444. The van der Waals surface area contributed by atoms with Crippen LogP contribution in [0.2, 0.25) is 0 Å². The van der Waals surface area contributed by atoms with Gasteiger partial charge in [0.1, 0.15) is 4.60 Å². The molecule has 0 aliphatic rings. The van der Waals surface area contributed by atoms with Crippen LogP contribution >= 0.6 is 15.9 Å². The highest BCUT2D eigenvalue weighted by Gasteiger charge is 2.01. The number of nitrogens with zero attached hydrogens (tertiary/aromatic N) is 1. The highest BCUT2D eigenvalue weighted by atomic mass is 79.9. The molecular weight excluding hydrogens is 202 g/mol. The Morgan fingerprint density at radius 3 is 3.55 bits per heavy atom. The third kappa shape index (κ3) is 2.29. The Morgan fingerprint density at radius 2 is 2.91 bits per heavy atom. The number of aromatic nitrogens is 1. The van der Waals surface area contributed by atoms with Crippen molar-refractivity contribution in [1.82, 2.24) is 4.98 Å². The number of hydrogen-bond donors (Lipinski definition) is 0. The monoisotopic (exact) mass is 222 g/mol. The lowest BCUT2D eigenvalue weighted by molar-refractivity contribution is 0.731. The molecule has 1 rings (SSSR count). The van der Waals surface area contributed by atoms with Crippen LogP contribution in [-0.4, -0.2) is 4.98 Å². The summed E-state index contributed by atoms with van der Waals surface area (Å²) in [5.74, 6) is -2.95. The van der Waals surface area contributed by atoms with E-state index in [1.165, 1.54) is 6.20 Å². The van der Waals surface area contributed by atoms with Gasteiger partial charge in [-0.2, -0.15) is 0 Å². The van der Waals surface area contributed by atoms with Crippen molar-refractivity contribution in [1.29, 1.82) is 0 Å². The van der Waals surface area contributed by atoms with Crippen LogP contribution in [0.3, 0.4) is 0 Å². The second kappa shape index (κ2) is 3.86. The third-order valence-electron chi connectivity index (χ3n) is 1.14. The molecule has 1 aromatic rings. The van der Waals surface area contributed by atoms with Gasteiger partial charge < -0.3 is 0 Å². The molecule has 0 bridgehead atoms. The van der Waals surface area contributed by atoms with Crippen molar-refractivity contribution >= 4 is 15.9 Å². The Bertz CT molecular complexity index is 495. The third-order valence-corrected chi connectivity index (χ3v) is 1.57. The molecule has 2 heteroatoms. The predicted octanol–water partition coefficient (Wildman–Crippen LogP) is 3.36. The molecule has 0 amide bonds. The van der Waals surface area contributed by atoms with Crippen LogP contribution in [0.1, 0.15) is 43.9 Å². The summed E-state index contributed by atoms with van der Waals surface area (Å²) < 4.78 is 67.8. The molecule has 1 aromatic heterocycles. The molecule has 0 spiro atoms. The van der Waals surface area contributed by atoms with Gasteiger partial charge in [0, 0.05) is 18.5 Å². The number of rotatable bonds is 2. The van der Waals surface area contributed by atoms with Gasteiger partial charge in [-0.15, -0.1) is 0 Å². The van der Waals surface area contributed by atoms with E-state index in [0.717, 1.165) is 12.1 Å². The van der Waals surface area contributed by atoms with E-state index in [9.17, 15) is 0 Å². The van der Waals surface area contributed by atoms with Crippen LogP contribution < -0.4 is 0 Å². The molecule has 1 heterocycles. The molecule has 0 aliphatic carbocycles. The molecule has 1 unspecified atom stereocenters. The van der Waals surface area contributed by atoms with Crippen molar-refractivity contribution in [3.63, 3.8) is 0 Å². The van der Waals surface area contributed by atoms with Crippen LogP contribution in [0.5, 0.6) is 0 Å². The zero-order chi connectivity index (χ0) is 16.0. The van der Waals surface area contributed by atoms with Crippen LogP contribution in [0.15, 0.2) is 22.9 Å². The van der Waals surface area contributed by atoms with Crippen LogP contribution in [0.25, 0.3) is 0 Å². The fourth-order valence-corrected chi connectivity index (χ4v) is 0.995. The summed E-state index contributed by atoms with van der Waals surface area (Å²) in [6.45, 7) is -6.44. The van der Waals surface area contributed by atoms with Crippen molar-refractivity contribution in [2.24, 2.45) is 0 Å². The van der Waals surface area contributed by atoms with E-state index in [-0.39, 0.29) is 10.2 Å². The smallest absolute Gasteiger partial charge is 0.106 e. The Morgan fingerprint density at radius 1 is 2.00 bits per heavy atom. The number of halogens is 1. The molecule has 0 aromatic carbocycles. The van der Waals surface area contributed by atoms with Crippen LogP contribution in [0.4, 0.5) is 0 Å². The molecule has 0 saturated heterocycles. The Balaban J connectivity index is 3.63. The topological polar surface area (TPSA) is 12.9 Å². The molecule has 0 N–H and O–H groups in total. The SMILES string of the molecule is [2H]C([2H])([2H])C([2H])([2H])C([2H])(c1ccnc(Br)c1)C([2H])([2H])[2H]. The molecule has 0 saturated carbocycles. The molecule has 0 aliphatic heterocycles. The average molecular weight is 223 g/mol. The lowest BCUT2D eigenvalue weighted by Crippen LogP contribution is -1.91. The minimum absolute atomic E-state index is 0.192. The molecule has 0 radical (unpaired) electrons. The Labute approximate surface area is 88.6 Å². The van der Waals surface area contributed by atoms with E-state index in [2.05, 4.69) is 20.9 Å². The van der Waals surface area contributed by atoms with Crippen molar-refractivity contribution in [2.45, 2.75) is 26.0 Å². The van der Waals surface area contributed by atoms with Gasteiger partial charge in [0.2, 0.25) is 0 Å². The maximum atomic E-state index is 8.12. The van der Waals surface area contributed by atoms with Gasteiger partial charge in [-0.05, 0) is 45.9 Å². The summed E-state index contributed by atoms with van der Waals surface area (Å²) in [4.78, 5) is 3.77. The summed E-state index contributed by atoms with van der Waals surface area (Å²) in [6, 6.07) is 2.27.